The molecule has 0 saturated carbocycles. The largest absolute Gasteiger partial charge is 0.493 e. The molecule has 2 N–H and O–H groups in total. The van der Waals surface area contributed by atoms with E-state index in [1.54, 1.807) is 18.4 Å². The first-order valence-electron chi connectivity index (χ1n) is 8.52. The number of hydrogen-bond donors (Lipinski definition) is 1. The third-order valence-corrected chi connectivity index (χ3v) is 5.38. The van der Waals surface area contributed by atoms with Crippen molar-refractivity contribution in [3.63, 3.8) is 0 Å². The van der Waals surface area contributed by atoms with Crippen molar-refractivity contribution in [2.75, 3.05) is 20.3 Å². The van der Waals surface area contributed by atoms with Gasteiger partial charge in [0.2, 0.25) is 0 Å². The standard InChI is InChI=1S/C19H28N2O2S/c1-5-6-9-23-18-11-15(7-8-17(18)22-4)10-16(12-20)19-21-13(2)14(3)24-19/h7-8,11,16H,5-6,9-10,12,20H2,1-4H3. The molecule has 132 valence electrons. The summed E-state index contributed by atoms with van der Waals surface area (Å²) in [4.78, 5) is 5.94. The number of aryl methyl sites for hydroxylation is 2. The molecule has 0 saturated heterocycles. The molecule has 4 nitrogen and oxygen atoms in total. The van der Waals surface area contributed by atoms with Crippen LogP contribution < -0.4 is 15.2 Å². The predicted molar refractivity (Wildman–Crippen MR) is 100 cm³/mol. The second kappa shape index (κ2) is 9.04. The monoisotopic (exact) mass is 348 g/mol. The smallest absolute Gasteiger partial charge is 0.161 e. The van der Waals surface area contributed by atoms with Gasteiger partial charge in [0.15, 0.2) is 11.5 Å². The lowest BCUT2D eigenvalue weighted by atomic mass is 9.99. The Kier molecular flexibility index (Phi) is 7.06. The van der Waals surface area contributed by atoms with Crippen LogP contribution in [0.1, 0.15) is 46.8 Å². The Morgan fingerprint density at radius 1 is 1.25 bits per heavy atom. The van der Waals surface area contributed by atoms with Gasteiger partial charge in [0.1, 0.15) is 0 Å². The van der Waals surface area contributed by atoms with Crippen LogP contribution in [0, 0.1) is 13.8 Å². The zero-order valence-electron chi connectivity index (χ0n) is 15.1. The first-order valence-corrected chi connectivity index (χ1v) is 9.34. The quantitative estimate of drug-likeness (QED) is 0.689. The Morgan fingerprint density at radius 2 is 2.04 bits per heavy atom. The lowest BCUT2D eigenvalue weighted by Crippen LogP contribution is -2.15. The molecule has 0 aliphatic carbocycles. The summed E-state index contributed by atoms with van der Waals surface area (Å²) >= 11 is 1.75. The molecule has 0 aliphatic rings. The second-order valence-corrected chi connectivity index (χ2v) is 7.25. The van der Waals surface area contributed by atoms with Crippen LogP contribution in [0.2, 0.25) is 0 Å². The van der Waals surface area contributed by atoms with Crippen molar-refractivity contribution in [3.05, 3.63) is 39.3 Å². The number of methoxy groups -OCH3 is 1. The number of hydrogen-bond acceptors (Lipinski definition) is 5. The number of unbranched alkanes of at least 4 members (excludes halogenated alkanes) is 1. The van der Waals surface area contributed by atoms with Crippen LogP contribution in [0.4, 0.5) is 0 Å². The van der Waals surface area contributed by atoms with E-state index in [2.05, 4.69) is 37.9 Å². The molecule has 1 atom stereocenters. The molecule has 5 heteroatoms. The molecular formula is C19H28N2O2S. The van der Waals surface area contributed by atoms with Gasteiger partial charge in [0.25, 0.3) is 0 Å². The molecule has 0 bridgehead atoms. The lowest BCUT2D eigenvalue weighted by molar-refractivity contribution is 0.288. The number of rotatable bonds is 9. The van der Waals surface area contributed by atoms with Gasteiger partial charge in [0.05, 0.1) is 24.4 Å². The molecule has 2 rings (SSSR count). The minimum Gasteiger partial charge on any atom is -0.493 e. The van der Waals surface area contributed by atoms with Crippen molar-refractivity contribution in [2.45, 2.75) is 46.0 Å². The highest BCUT2D eigenvalue weighted by Crippen LogP contribution is 2.32. The topological polar surface area (TPSA) is 57.4 Å². The minimum atomic E-state index is 0.235. The Bertz CT molecular complexity index is 635. The maximum absolute atomic E-state index is 6.02. The summed E-state index contributed by atoms with van der Waals surface area (Å²) in [6, 6.07) is 6.13. The predicted octanol–water partition coefficient (Wildman–Crippen LogP) is 4.23. The zero-order valence-corrected chi connectivity index (χ0v) is 15.9. The number of benzene rings is 1. The highest BCUT2D eigenvalue weighted by Gasteiger charge is 2.17. The maximum Gasteiger partial charge on any atom is 0.161 e. The van der Waals surface area contributed by atoms with E-state index in [4.69, 9.17) is 15.2 Å². The van der Waals surface area contributed by atoms with Crippen LogP contribution in [0.15, 0.2) is 18.2 Å². The van der Waals surface area contributed by atoms with Gasteiger partial charge < -0.3 is 15.2 Å². The van der Waals surface area contributed by atoms with E-state index in [0.717, 1.165) is 41.5 Å². The van der Waals surface area contributed by atoms with Gasteiger partial charge in [-0.25, -0.2) is 4.98 Å². The van der Waals surface area contributed by atoms with E-state index in [-0.39, 0.29) is 5.92 Å². The molecule has 24 heavy (non-hydrogen) atoms. The molecule has 1 aromatic carbocycles. The summed E-state index contributed by atoms with van der Waals surface area (Å²) in [6.45, 7) is 7.61. The lowest BCUT2D eigenvalue weighted by Gasteiger charge is -2.15. The first-order chi connectivity index (χ1) is 11.6. The normalized spacial score (nSPS) is 12.2. The molecule has 0 aliphatic heterocycles. The van der Waals surface area contributed by atoms with Crippen molar-refractivity contribution < 1.29 is 9.47 Å². The van der Waals surface area contributed by atoms with E-state index in [1.165, 1.54) is 10.4 Å². The molecule has 0 fully saturated rings. The van der Waals surface area contributed by atoms with Crippen molar-refractivity contribution in [3.8, 4) is 11.5 Å². The Labute approximate surface area is 149 Å². The average molecular weight is 349 g/mol. The number of thiazole rings is 1. The summed E-state index contributed by atoms with van der Waals surface area (Å²) < 4.78 is 11.3. The van der Waals surface area contributed by atoms with Crippen LogP contribution in [0.25, 0.3) is 0 Å². The van der Waals surface area contributed by atoms with Gasteiger partial charge in [-0.2, -0.15) is 0 Å². The number of ether oxygens (including phenoxy) is 2. The van der Waals surface area contributed by atoms with Gasteiger partial charge in [-0.3, -0.25) is 0 Å². The number of nitrogens with two attached hydrogens (primary N) is 1. The molecule has 0 amide bonds. The number of nitrogens with zero attached hydrogens (tertiary/aromatic N) is 1. The van der Waals surface area contributed by atoms with E-state index in [9.17, 15) is 0 Å². The molecule has 1 aromatic heterocycles. The fourth-order valence-electron chi connectivity index (χ4n) is 2.52. The van der Waals surface area contributed by atoms with Crippen LogP contribution in [0.3, 0.4) is 0 Å². The van der Waals surface area contributed by atoms with E-state index in [1.807, 2.05) is 6.07 Å². The summed E-state index contributed by atoms with van der Waals surface area (Å²) in [5.74, 6) is 1.82. The molecule has 2 aromatic rings. The Morgan fingerprint density at radius 3 is 2.62 bits per heavy atom. The highest BCUT2D eigenvalue weighted by atomic mass is 32.1. The zero-order chi connectivity index (χ0) is 17.5. The highest BCUT2D eigenvalue weighted by molar-refractivity contribution is 7.11. The number of aromatic nitrogens is 1. The van der Waals surface area contributed by atoms with Gasteiger partial charge in [-0.1, -0.05) is 19.4 Å². The van der Waals surface area contributed by atoms with Gasteiger partial charge in [-0.15, -0.1) is 11.3 Å². The van der Waals surface area contributed by atoms with E-state index < -0.39 is 0 Å². The molecular weight excluding hydrogens is 320 g/mol. The fraction of sp³-hybridized carbons (Fsp3) is 0.526. The van der Waals surface area contributed by atoms with E-state index >= 15 is 0 Å². The summed E-state index contributed by atoms with van der Waals surface area (Å²) in [5, 5.41) is 1.12. The van der Waals surface area contributed by atoms with Crippen molar-refractivity contribution >= 4 is 11.3 Å². The van der Waals surface area contributed by atoms with Crippen LogP contribution in [-0.4, -0.2) is 25.2 Å². The molecule has 1 heterocycles. The van der Waals surface area contributed by atoms with Gasteiger partial charge >= 0.3 is 0 Å². The van der Waals surface area contributed by atoms with Crippen molar-refractivity contribution in [1.29, 1.82) is 0 Å². The van der Waals surface area contributed by atoms with Gasteiger partial charge in [-0.05, 0) is 44.4 Å². The Balaban J connectivity index is 2.16. The van der Waals surface area contributed by atoms with Crippen LogP contribution >= 0.6 is 11.3 Å². The SMILES string of the molecule is CCCCOc1cc(CC(CN)c2nc(C)c(C)s2)ccc1OC. The second-order valence-electron chi connectivity index (χ2n) is 6.02. The summed E-state index contributed by atoms with van der Waals surface area (Å²) in [6.07, 6.45) is 3.01. The molecule has 0 radical (unpaired) electrons. The maximum atomic E-state index is 6.02. The van der Waals surface area contributed by atoms with E-state index in [0.29, 0.717) is 13.2 Å². The van der Waals surface area contributed by atoms with Crippen molar-refractivity contribution in [2.24, 2.45) is 5.73 Å². The van der Waals surface area contributed by atoms with Crippen LogP contribution in [-0.2, 0) is 6.42 Å². The molecule has 1 unspecified atom stereocenters. The average Bonchev–Trinajstić information content (AvgIpc) is 2.92. The Hall–Kier alpha value is -1.59. The minimum absolute atomic E-state index is 0.235. The first kappa shape index (κ1) is 18.7. The fourth-order valence-corrected chi connectivity index (χ4v) is 3.55. The summed E-state index contributed by atoms with van der Waals surface area (Å²) in [7, 11) is 1.67. The summed E-state index contributed by atoms with van der Waals surface area (Å²) in [5.41, 5.74) is 8.32. The van der Waals surface area contributed by atoms with Crippen LogP contribution in [0.5, 0.6) is 11.5 Å². The van der Waals surface area contributed by atoms with Gasteiger partial charge in [0, 0.05) is 17.3 Å². The molecule has 0 spiro atoms. The third-order valence-electron chi connectivity index (χ3n) is 4.14. The third kappa shape index (κ3) is 4.71. The van der Waals surface area contributed by atoms with Crippen molar-refractivity contribution in [1.82, 2.24) is 4.98 Å².